The molecule has 182 valence electrons. The van der Waals surface area contributed by atoms with Gasteiger partial charge in [-0.15, -0.1) is 0 Å². The molecule has 0 saturated heterocycles. The van der Waals surface area contributed by atoms with E-state index in [0.29, 0.717) is 5.69 Å². The summed E-state index contributed by atoms with van der Waals surface area (Å²) in [6, 6.07) is 39.9. The second-order valence-electron chi connectivity index (χ2n) is 9.55. The van der Waals surface area contributed by atoms with Gasteiger partial charge in [0.05, 0.1) is 12.8 Å². The molecule has 0 aliphatic rings. The number of nitrogens with one attached hydrogen (secondary N) is 1. The number of aromatic nitrogens is 3. The van der Waals surface area contributed by atoms with Crippen molar-refractivity contribution in [3.63, 3.8) is 0 Å². The molecule has 0 amide bonds. The first-order valence-electron chi connectivity index (χ1n) is 12.8. The van der Waals surface area contributed by atoms with Crippen molar-refractivity contribution in [3.8, 4) is 44.5 Å². The van der Waals surface area contributed by atoms with Crippen LogP contribution in [0.3, 0.4) is 0 Å². The number of imidazole rings is 1. The van der Waals surface area contributed by atoms with Crippen molar-refractivity contribution in [3.05, 3.63) is 145 Å². The monoisotopic (exact) mass is 499 g/mol. The Bertz CT molecular complexity index is 1980. The molecule has 0 bridgehead atoms. The third kappa shape index (κ3) is 4.13. The van der Waals surface area contributed by atoms with Gasteiger partial charge in [0, 0.05) is 24.0 Å². The molecule has 0 fully saturated rings. The zero-order chi connectivity index (χ0) is 26.2. The van der Waals surface area contributed by atoms with Crippen LogP contribution in [0.1, 0.15) is 0 Å². The van der Waals surface area contributed by atoms with Crippen molar-refractivity contribution in [2.24, 2.45) is 0 Å². The van der Waals surface area contributed by atoms with E-state index in [2.05, 4.69) is 110 Å². The van der Waals surface area contributed by atoms with Gasteiger partial charge in [-0.3, -0.25) is 4.98 Å². The first-order valence-corrected chi connectivity index (χ1v) is 12.8. The Kier molecular flexibility index (Phi) is 5.46. The van der Waals surface area contributed by atoms with Gasteiger partial charge in [-0.2, -0.15) is 4.40 Å². The molecule has 7 aromatic rings. The molecule has 0 atom stereocenters. The molecule has 0 unspecified atom stereocenters. The van der Waals surface area contributed by atoms with E-state index in [1.165, 1.54) is 0 Å². The van der Waals surface area contributed by atoms with Crippen molar-refractivity contribution in [1.82, 2.24) is 9.97 Å². The molecule has 0 spiro atoms. The van der Waals surface area contributed by atoms with Gasteiger partial charge < -0.3 is 0 Å². The molecule has 1 N–H and O–H groups in total. The maximum Gasteiger partial charge on any atom is 0.284 e. The highest BCUT2D eigenvalue weighted by molar-refractivity contribution is 5.96. The third-order valence-corrected chi connectivity index (χ3v) is 7.23. The standard InChI is InChI=1S/C35H22N4/c1-36-31-17-15-25(16-18-31)24-7-9-27(10-8-24)30-21-32(35-33(22-30)39-20-3-2-6-34(39)38-35)28-13-11-26(12-14-28)29-5-4-19-37-23-29/h2-23H/p+1. The Hall–Kier alpha value is -5.53. The number of hydrogen-bond donors (Lipinski definition) is 1. The van der Waals surface area contributed by atoms with Gasteiger partial charge in [0.25, 0.3) is 5.65 Å². The second-order valence-corrected chi connectivity index (χ2v) is 9.55. The zero-order valence-electron chi connectivity index (χ0n) is 21.0. The van der Waals surface area contributed by atoms with E-state index in [9.17, 15) is 0 Å². The van der Waals surface area contributed by atoms with E-state index in [0.717, 1.165) is 61.2 Å². The molecule has 0 saturated carbocycles. The number of benzene rings is 4. The van der Waals surface area contributed by atoms with Crippen LogP contribution in [-0.2, 0) is 0 Å². The van der Waals surface area contributed by atoms with Gasteiger partial charge in [-0.05, 0) is 63.2 Å². The molecule has 4 heteroatoms. The smallest absolute Gasteiger partial charge is 0.264 e. The summed E-state index contributed by atoms with van der Waals surface area (Å²) in [7, 11) is 0. The summed E-state index contributed by atoms with van der Waals surface area (Å²) in [4.78, 5) is 11.4. The van der Waals surface area contributed by atoms with Gasteiger partial charge >= 0.3 is 0 Å². The highest BCUT2D eigenvalue weighted by Gasteiger charge is 2.18. The Labute approximate surface area is 226 Å². The average molecular weight is 500 g/mol. The summed E-state index contributed by atoms with van der Waals surface area (Å²) in [5.74, 6) is 0. The molecule has 0 radical (unpaired) electrons. The number of rotatable bonds is 4. The van der Waals surface area contributed by atoms with E-state index in [4.69, 9.17) is 6.57 Å². The summed E-state index contributed by atoms with van der Waals surface area (Å²) in [5.41, 5.74) is 13.0. The summed E-state index contributed by atoms with van der Waals surface area (Å²) in [5, 5.41) is 0. The predicted octanol–water partition coefficient (Wildman–Crippen LogP) is 8.52. The first kappa shape index (κ1) is 22.7. The molecule has 3 aromatic heterocycles. The number of aromatic amines is 1. The minimum absolute atomic E-state index is 0.654. The van der Waals surface area contributed by atoms with Crippen LogP contribution in [0, 0.1) is 6.57 Å². The molecule has 4 aromatic carbocycles. The third-order valence-electron chi connectivity index (χ3n) is 7.23. The summed E-state index contributed by atoms with van der Waals surface area (Å²) in [6.07, 6.45) is 5.79. The molecule has 4 nitrogen and oxygen atoms in total. The summed E-state index contributed by atoms with van der Waals surface area (Å²) in [6.45, 7) is 7.19. The van der Waals surface area contributed by atoms with Crippen LogP contribution in [0.5, 0.6) is 0 Å². The fourth-order valence-corrected chi connectivity index (χ4v) is 5.18. The molecule has 39 heavy (non-hydrogen) atoms. The molecule has 3 heterocycles. The maximum absolute atomic E-state index is 7.19. The van der Waals surface area contributed by atoms with Crippen LogP contribution in [0.4, 0.5) is 5.69 Å². The van der Waals surface area contributed by atoms with Crippen LogP contribution in [0.2, 0.25) is 0 Å². The lowest BCUT2D eigenvalue weighted by molar-refractivity contribution is -0.480. The molecule has 0 aliphatic carbocycles. The van der Waals surface area contributed by atoms with E-state index in [1.54, 1.807) is 6.20 Å². The maximum atomic E-state index is 7.19. The number of fused-ring (bicyclic) bond motifs is 3. The number of pyridine rings is 2. The lowest BCUT2D eigenvalue weighted by Crippen LogP contribution is -2.18. The predicted molar refractivity (Wildman–Crippen MR) is 157 cm³/mol. The fraction of sp³-hybridized carbons (Fsp3) is 0. The Morgan fingerprint density at radius 1 is 0.615 bits per heavy atom. The van der Waals surface area contributed by atoms with Crippen LogP contribution >= 0.6 is 0 Å². The fourth-order valence-electron chi connectivity index (χ4n) is 5.18. The average Bonchev–Trinajstić information content (AvgIpc) is 3.40. The molecular formula is C35H23N4+. The van der Waals surface area contributed by atoms with E-state index < -0.39 is 0 Å². The van der Waals surface area contributed by atoms with Crippen LogP contribution in [0.25, 0.3) is 66.0 Å². The Morgan fingerprint density at radius 2 is 1.26 bits per heavy atom. The summed E-state index contributed by atoms with van der Waals surface area (Å²) < 4.78 is 2.21. The topological polar surface area (TPSA) is 37.1 Å². The van der Waals surface area contributed by atoms with E-state index >= 15 is 0 Å². The number of hydrogen-bond acceptors (Lipinski definition) is 1. The molecular weight excluding hydrogens is 476 g/mol. The van der Waals surface area contributed by atoms with Crippen LogP contribution in [-0.4, -0.2) is 9.97 Å². The Balaban J connectivity index is 1.34. The minimum atomic E-state index is 0.654. The highest BCUT2D eigenvalue weighted by Crippen LogP contribution is 2.35. The van der Waals surface area contributed by atoms with Crippen molar-refractivity contribution in [1.29, 1.82) is 0 Å². The van der Waals surface area contributed by atoms with Crippen molar-refractivity contribution >= 4 is 22.4 Å². The molecule has 0 aliphatic heterocycles. The highest BCUT2D eigenvalue weighted by atomic mass is 15.0. The van der Waals surface area contributed by atoms with Crippen LogP contribution in [0.15, 0.2) is 134 Å². The molecule has 7 rings (SSSR count). The lowest BCUT2D eigenvalue weighted by Gasteiger charge is -2.09. The van der Waals surface area contributed by atoms with Crippen molar-refractivity contribution in [2.75, 3.05) is 0 Å². The minimum Gasteiger partial charge on any atom is -0.264 e. The van der Waals surface area contributed by atoms with Crippen molar-refractivity contribution in [2.45, 2.75) is 0 Å². The lowest BCUT2D eigenvalue weighted by atomic mass is 9.95. The van der Waals surface area contributed by atoms with Crippen LogP contribution < -0.4 is 4.40 Å². The largest absolute Gasteiger partial charge is 0.284 e. The zero-order valence-corrected chi connectivity index (χ0v) is 21.0. The Morgan fingerprint density at radius 3 is 1.92 bits per heavy atom. The normalized spacial score (nSPS) is 11.1. The SMILES string of the molecule is [C-]#[N+]c1ccc(-c2ccc(-c3cc(-c4ccc(-c5cccnc5)cc4)c4[nH]c5cccc[n+]5c4c3)cc2)cc1. The van der Waals surface area contributed by atoms with E-state index in [1.807, 2.05) is 36.5 Å². The van der Waals surface area contributed by atoms with Gasteiger partial charge in [-0.1, -0.05) is 84.9 Å². The second kappa shape index (κ2) is 9.41. The number of H-pyrrole nitrogens is 1. The van der Waals surface area contributed by atoms with Crippen molar-refractivity contribution < 1.29 is 4.40 Å². The van der Waals surface area contributed by atoms with Gasteiger partial charge in [0.1, 0.15) is 0 Å². The van der Waals surface area contributed by atoms with Gasteiger partial charge in [0.2, 0.25) is 0 Å². The van der Waals surface area contributed by atoms with Gasteiger partial charge in [-0.25, -0.2) is 9.83 Å². The first-order chi connectivity index (χ1) is 19.3. The van der Waals surface area contributed by atoms with Gasteiger partial charge in [0.15, 0.2) is 16.7 Å². The van der Waals surface area contributed by atoms with E-state index in [-0.39, 0.29) is 0 Å². The number of nitrogens with zero attached hydrogens (tertiary/aromatic N) is 3. The quantitative estimate of drug-likeness (QED) is 0.191. The summed E-state index contributed by atoms with van der Waals surface area (Å²) >= 11 is 0.